The zero-order valence-corrected chi connectivity index (χ0v) is 7.56. The number of hydrogen-bond donors (Lipinski definition) is 1. The Hall–Kier alpha value is -0.960. The smallest absolute Gasteiger partial charge is 0.159 e. The molecule has 0 saturated heterocycles. The van der Waals surface area contributed by atoms with Gasteiger partial charge in [-0.2, -0.15) is 0 Å². The van der Waals surface area contributed by atoms with E-state index in [1.54, 1.807) is 6.07 Å². The van der Waals surface area contributed by atoms with Crippen LogP contribution in [0.4, 0.5) is 8.78 Å². The van der Waals surface area contributed by atoms with Crippen molar-refractivity contribution in [2.75, 3.05) is 0 Å². The maximum absolute atomic E-state index is 12.7. The summed E-state index contributed by atoms with van der Waals surface area (Å²) >= 11 is 0. The second kappa shape index (κ2) is 4.33. The summed E-state index contributed by atoms with van der Waals surface area (Å²) in [7, 11) is 0. The van der Waals surface area contributed by atoms with E-state index in [-0.39, 0.29) is 6.04 Å². The zero-order chi connectivity index (χ0) is 9.84. The third kappa shape index (κ3) is 2.77. The van der Waals surface area contributed by atoms with Crippen LogP contribution in [0.15, 0.2) is 18.2 Å². The van der Waals surface area contributed by atoms with Gasteiger partial charge in [0.15, 0.2) is 11.6 Å². The average molecular weight is 185 g/mol. The van der Waals surface area contributed by atoms with Crippen molar-refractivity contribution in [3.05, 3.63) is 35.4 Å². The van der Waals surface area contributed by atoms with Crippen LogP contribution < -0.4 is 5.73 Å². The molecule has 0 aromatic heterocycles. The highest BCUT2D eigenvalue weighted by Crippen LogP contribution is 2.10. The molecule has 1 aromatic rings. The highest BCUT2D eigenvalue weighted by Gasteiger charge is 2.05. The maximum atomic E-state index is 12.7. The molecule has 0 fully saturated rings. The molecule has 0 unspecified atom stereocenters. The second-order valence-electron chi connectivity index (χ2n) is 3.12. The Morgan fingerprint density at radius 1 is 1.31 bits per heavy atom. The van der Waals surface area contributed by atoms with Crippen molar-refractivity contribution in [1.82, 2.24) is 0 Å². The summed E-state index contributed by atoms with van der Waals surface area (Å²) in [6.45, 7) is 1.96. The molecule has 0 heterocycles. The van der Waals surface area contributed by atoms with Crippen molar-refractivity contribution in [3.8, 4) is 0 Å². The molecule has 0 bridgehead atoms. The van der Waals surface area contributed by atoms with Crippen molar-refractivity contribution >= 4 is 0 Å². The molecule has 1 atom stereocenters. The van der Waals surface area contributed by atoms with Crippen LogP contribution in [0.1, 0.15) is 18.9 Å². The Balaban J connectivity index is 2.73. The number of rotatable bonds is 3. The lowest BCUT2D eigenvalue weighted by Crippen LogP contribution is -2.21. The third-order valence-electron chi connectivity index (χ3n) is 2.01. The zero-order valence-electron chi connectivity index (χ0n) is 7.56. The average Bonchev–Trinajstić information content (AvgIpc) is 2.11. The van der Waals surface area contributed by atoms with E-state index in [4.69, 9.17) is 5.73 Å². The monoisotopic (exact) mass is 185 g/mol. The van der Waals surface area contributed by atoms with E-state index >= 15 is 0 Å². The standard InChI is InChI=1S/C10H13F2N/c1-2-8(13)5-7-3-4-9(11)10(12)6-7/h3-4,6,8H,2,5,13H2,1H3/t8-/m1/s1. The van der Waals surface area contributed by atoms with Crippen molar-refractivity contribution < 1.29 is 8.78 Å². The fourth-order valence-corrected chi connectivity index (χ4v) is 1.11. The van der Waals surface area contributed by atoms with E-state index in [0.717, 1.165) is 18.1 Å². The molecule has 72 valence electrons. The lowest BCUT2D eigenvalue weighted by atomic mass is 10.0. The first-order valence-electron chi connectivity index (χ1n) is 4.33. The van der Waals surface area contributed by atoms with E-state index in [0.29, 0.717) is 6.42 Å². The summed E-state index contributed by atoms with van der Waals surface area (Å²) in [5.74, 6) is -1.62. The van der Waals surface area contributed by atoms with Crippen molar-refractivity contribution in [2.24, 2.45) is 5.73 Å². The Kier molecular flexibility index (Phi) is 3.37. The normalized spacial score (nSPS) is 12.9. The fourth-order valence-electron chi connectivity index (χ4n) is 1.11. The van der Waals surface area contributed by atoms with Gasteiger partial charge in [0.2, 0.25) is 0 Å². The first kappa shape index (κ1) is 10.1. The number of halogens is 2. The van der Waals surface area contributed by atoms with Crippen LogP contribution in [0.25, 0.3) is 0 Å². The van der Waals surface area contributed by atoms with Crippen molar-refractivity contribution in [1.29, 1.82) is 0 Å². The fraction of sp³-hybridized carbons (Fsp3) is 0.400. The highest BCUT2D eigenvalue weighted by atomic mass is 19.2. The molecule has 0 aliphatic carbocycles. The summed E-state index contributed by atoms with van der Waals surface area (Å²) < 4.78 is 25.2. The summed E-state index contributed by atoms with van der Waals surface area (Å²) in [6.07, 6.45) is 1.42. The predicted molar refractivity (Wildman–Crippen MR) is 48.3 cm³/mol. The molecule has 0 amide bonds. The SMILES string of the molecule is CC[C@@H](N)Cc1ccc(F)c(F)c1. The molecule has 1 aromatic carbocycles. The van der Waals surface area contributed by atoms with Crippen molar-refractivity contribution in [3.63, 3.8) is 0 Å². The molecule has 0 radical (unpaired) electrons. The van der Waals surface area contributed by atoms with Crippen LogP contribution in [-0.2, 0) is 6.42 Å². The topological polar surface area (TPSA) is 26.0 Å². The van der Waals surface area contributed by atoms with Gasteiger partial charge in [-0.3, -0.25) is 0 Å². The van der Waals surface area contributed by atoms with Gasteiger partial charge in [0, 0.05) is 6.04 Å². The molecule has 0 aliphatic heterocycles. The van der Waals surface area contributed by atoms with Gasteiger partial charge in [-0.1, -0.05) is 13.0 Å². The van der Waals surface area contributed by atoms with Gasteiger partial charge in [0.25, 0.3) is 0 Å². The Morgan fingerprint density at radius 2 is 2.00 bits per heavy atom. The molecular formula is C10H13F2N. The molecule has 1 nitrogen and oxygen atoms in total. The Labute approximate surface area is 76.6 Å². The number of benzene rings is 1. The lowest BCUT2D eigenvalue weighted by Gasteiger charge is -2.08. The second-order valence-corrected chi connectivity index (χ2v) is 3.12. The van der Waals surface area contributed by atoms with Crippen LogP contribution >= 0.6 is 0 Å². The maximum Gasteiger partial charge on any atom is 0.159 e. The van der Waals surface area contributed by atoms with Crippen LogP contribution in [0.3, 0.4) is 0 Å². The molecule has 3 heteroatoms. The first-order valence-corrected chi connectivity index (χ1v) is 4.33. The predicted octanol–water partition coefficient (Wildman–Crippen LogP) is 2.24. The van der Waals surface area contributed by atoms with Crippen LogP contribution in [0.5, 0.6) is 0 Å². The minimum Gasteiger partial charge on any atom is -0.327 e. The van der Waals surface area contributed by atoms with Crippen molar-refractivity contribution in [2.45, 2.75) is 25.8 Å². The minimum atomic E-state index is -0.811. The first-order chi connectivity index (χ1) is 6.13. The molecular weight excluding hydrogens is 172 g/mol. The molecule has 2 N–H and O–H groups in total. The highest BCUT2D eigenvalue weighted by molar-refractivity contribution is 5.18. The largest absolute Gasteiger partial charge is 0.327 e. The van der Waals surface area contributed by atoms with Gasteiger partial charge >= 0.3 is 0 Å². The van der Waals surface area contributed by atoms with Gasteiger partial charge < -0.3 is 5.73 Å². The molecule has 0 aliphatic rings. The van der Waals surface area contributed by atoms with E-state index in [2.05, 4.69) is 0 Å². The van der Waals surface area contributed by atoms with Crippen LogP contribution in [0.2, 0.25) is 0 Å². The summed E-state index contributed by atoms with van der Waals surface area (Å²) in [4.78, 5) is 0. The lowest BCUT2D eigenvalue weighted by molar-refractivity contribution is 0.505. The van der Waals surface area contributed by atoms with E-state index in [1.807, 2.05) is 6.92 Å². The molecule has 0 saturated carbocycles. The van der Waals surface area contributed by atoms with Crippen LogP contribution in [0, 0.1) is 11.6 Å². The van der Waals surface area contributed by atoms with Gasteiger partial charge in [-0.05, 0) is 30.5 Å². The summed E-state index contributed by atoms with van der Waals surface area (Å²) in [6, 6.07) is 3.91. The molecule has 1 rings (SSSR count). The quantitative estimate of drug-likeness (QED) is 0.767. The van der Waals surface area contributed by atoms with E-state index in [9.17, 15) is 8.78 Å². The van der Waals surface area contributed by atoms with Crippen LogP contribution in [-0.4, -0.2) is 6.04 Å². The summed E-state index contributed by atoms with van der Waals surface area (Å²) in [5.41, 5.74) is 6.42. The molecule has 13 heavy (non-hydrogen) atoms. The molecule has 0 spiro atoms. The Morgan fingerprint density at radius 3 is 2.54 bits per heavy atom. The van der Waals surface area contributed by atoms with E-state index in [1.165, 1.54) is 6.07 Å². The van der Waals surface area contributed by atoms with Gasteiger partial charge in [0.05, 0.1) is 0 Å². The number of hydrogen-bond acceptors (Lipinski definition) is 1. The number of nitrogens with two attached hydrogens (primary N) is 1. The Bertz CT molecular complexity index is 286. The van der Waals surface area contributed by atoms with E-state index < -0.39 is 11.6 Å². The summed E-state index contributed by atoms with van der Waals surface area (Å²) in [5, 5.41) is 0. The van der Waals surface area contributed by atoms with Gasteiger partial charge in [-0.15, -0.1) is 0 Å². The third-order valence-corrected chi connectivity index (χ3v) is 2.01. The minimum absolute atomic E-state index is 0.0184. The van der Waals surface area contributed by atoms with Gasteiger partial charge in [0.1, 0.15) is 0 Å². The van der Waals surface area contributed by atoms with Gasteiger partial charge in [-0.25, -0.2) is 8.78 Å².